The van der Waals surface area contributed by atoms with E-state index in [-0.39, 0.29) is 5.41 Å². The van der Waals surface area contributed by atoms with E-state index in [0.29, 0.717) is 0 Å². The van der Waals surface area contributed by atoms with Gasteiger partial charge in [-0.25, -0.2) is 0 Å². The molecule has 0 saturated carbocycles. The van der Waals surface area contributed by atoms with Crippen LogP contribution in [-0.4, -0.2) is 31.2 Å². The highest BCUT2D eigenvalue weighted by molar-refractivity contribution is 5.29. The van der Waals surface area contributed by atoms with Gasteiger partial charge in [-0.1, -0.05) is 51.5 Å². The van der Waals surface area contributed by atoms with Crippen molar-refractivity contribution >= 4 is 0 Å². The van der Waals surface area contributed by atoms with Crippen molar-refractivity contribution in [2.75, 3.05) is 26.3 Å². The van der Waals surface area contributed by atoms with Crippen LogP contribution in [0.25, 0.3) is 0 Å². The third kappa shape index (κ3) is 4.05. The highest BCUT2D eigenvalue weighted by Crippen LogP contribution is 2.29. The molecule has 1 fully saturated rings. The fraction of sp³-hybridized carbons (Fsp3) is 0.647. The maximum atomic E-state index is 5.41. The van der Waals surface area contributed by atoms with Gasteiger partial charge < -0.3 is 4.74 Å². The summed E-state index contributed by atoms with van der Waals surface area (Å²) in [7, 11) is 0. The first kappa shape index (κ1) is 14.5. The first-order valence-electron chi connectivity index (χ1n) is 7.51. The van der Waals surface area contributed by atoms with Crippen LogP contribution in [-0.2, 0) is 16.7 Å². The number of benzene rings is 1. The molecular weight excluding hydrogens is 234 g/mol. The first-order valence-corrected chi connectivity index (χ1v) is 7.51. The van der Waals surface area contributed by atoms with E-state index < -0.39 is 0 Å². The minimum absolute atomic E-state index is 0.287. The molecule has 2 rings (SSSR count). The van der Waals surface area contributed by atoms with Gasteiger partial charge in [0.25, 0.3) is 0 Å². The molecule has 0 spiro atoms. The maximum absolute atomic E-state index is 5.41. The van der Waals surface area contributed by atoms with Gasteiger partial charge in [0.2, 0.25) is 0 Å². The van der Waals surface area contributed by atoms with Crippen molar-refractivity contribution in [3.8, 4) is 0 Å². The van der Waals surface area contributed by atoms with E-state index in [4.69, 9.17) is 4.74 Å². The van der Waals surface area contributed by atoms with Gasteiger partial charge in [0.1, 0.15) is 0 Å². The second-order valence-electron chi connectivity index (χ2n) is 6.22. The van der Waals surface area contributed by atoms with Crippen molar-refractivity contribution in [3.05, 3.63) is 35.4 Å². The third-order valence-corrected chi connectivity index (χ3v) is 4.09. The van der Waals surface area contributed by atoms with Crippen LogP contribution in [0.5, 0.6) is 0 Å². The fourth-order valence-electron chi connectivity index (χ4n) is 2.88. The molecule has 0 aromatic heterocycles. The molecule has 1 saturated heterocycles. The predicted octanol–water partition coefficient (Wildman–Crippen LogP) is 3.60. The summed E-state index contributed by atoms with van der Waals surface area (Å²) >= 11 is 0. The molecule has 0 atom stereocenters. The molecule has 0 bridgehead atoms. The highest BCUT2D eigenvalue weighted by atomic mass is 16.5. The zero-order valence-corrected chi connectivity index (χ0v) is 12.6. The molecule has 2 heteroatoms. The number of morpholine rings is 1. The smallest absolute Gasteiger partial charge is 0.0594 e. The highest BCUT2D eigenvalue weighted by Gasteiger charge is 2.20. The van der Waals surface area contributed by atoms with E-state index >= 15 is 0 Å². The predicted molar refractivity (Wildman–Crippen MR) is 80.5 cm³/mol. The lowest BCUT2D eigenvalue weighted by Crippen LogP contribution is -2.35. The van der Waals surface area contributed by atoms with E-state index in [1.165, 1.54) is 24.0 Å². The van der Waals surface area contributed by atoms with Gasteiger partial charge in [-0.2, -0.15) is 0 Å². The molecule has 2 nitrogen and oxygen atoms in total. The lowest BCUT2D eigenvalue weighted by Gasteiger charge is -2.28. The number of hydrogen-bond acceptors (Lipinski definition) is 2. The Kier molecular flexibility index (Phi) is 5.00. The summed E-state index contributed by atoms with van der Waals surface area (Å²) in [6.07, 6.45) is 2.48. The third-order valence-electron chi connectivity index (χ3n) is 4.09. The van der Waals surface area contributed by atoms with E-state index in [9.17, 15) is 0 Å². The van der Waals surface area contributed by atoms with Crippen LogP contribution in [0.3, 0.4) is 0 Å². The van der Waals surface area contributed by atoms with Gasteiger partial charge >= 0.3 is 0 Å². The molecule has 1 aliphatic rings. The summed E-state index contributed by atoms with van der Waals surface area (Å²) in [5, 5.41) is 0. The van der Waals surface area contributed by atoms with Crippen LogP contribution in [0, 0.1) is 0 Å². The van der Waals surface area contributed by atoms with Crippen LogP contribution < -0.4 is 0 Å². The zero-order chi connectivity index (χ0) is 13.7. The Morgan fingerprint density at radius 1 is 1.21 bits per heavy atom. The summed E-state index contributed by atoms with van der Waals surface area (Å²) < 4.78 is 5.41. The fourth-order valence-corrected chi connectivity index (χ4v) is 2.88. The van der Waals surface area contributed by atoms with Crippen molar-refractivity contribution in [2.45, 2.75) is 45.6 Å². The largest absolute Gasteiger partial charge is 0.379 e. The van der Waals surface area contributed by atoms with E-state index in [1.54, 1.807) is 0 Å². The Hall–Kier alpha value is -0.860. The molecule has 0 N–H and O–H groups in total. The Balaban J connectivity index is 2.06. The Morgan fingerprint density at radius 3 is 2.63 bits per heavy atom. The summed E-state index contributed by atoms with van der Waals surface area (Å²) in [4.78, 5) is 2.48. The molecule has 1 aromatic carbocycles. The number of nitrogens with zero attached hydrogens (tertiary/aromatic N) is 1. The van der Waals surface area contributed by atoms with E-state index in [0.717, 1.165) is 32.8 Å². The number of hydrogen-bond donors (Lipinski definition) is 0. The second-order valence-corrected chi connectivity index (χ2v) is 6.22. The molecule has 1 aromatic rings. The SMILES string of the molecule is CCCC(C)(C)c1cccc(CN2CCOCC2)c1. The molecule has 0 amide bonds. The van der Waals surface area contributed by atoms with Crippen molar-refractivity contribution < 1.29 is 4.74 Å². The first-order chi connectivity index (χ1) is 9.12. The van der Waals surface area contributed by atoms with Gasteiger partial charge in [-0.3, -0.25) is 4.90 Å². The molecule has 0 radical (unpaired) electrons. The van der Waals surface area contributed by atoms with Gasteiger partial charge in [-0.15, -0.1) is 0 Å². The molecule has 0 unspecified atom stereocenters. The molecule has 0 aliphatic carbocycles. The molecular formula is C17H27NO. The second kappa shape index (κ2) is 6.53. The zero-order valence-electron chi connectivity index (χ0n) is 12.6. The van der Waals surface area contributed by atoms with Crippen molar-refractivity contribution in [3.63, 3.8) is 0 Å². The Labute approximate surface area is 117 Å². The van der Waals surface area contributed by atoms with E-state index in [2.05, 4.69) is 49.9 Å². The normalized spacial score (nSPS) is 17.6. The number of ether oxygens (including phenoxy) is 1. The van der Waals surface area contributed by atoms with Gasteiger partial charge in [0, 0.05) is 19.6 Å². The Morgan fingerprint density at radius 2 is 1.95 bits per heavy atom. The minimum Gasteiger partial charge on any atom is -0.379 e. The number of rotatable bonds is 5. The average molecular weight is 261 g/mol. The summed E-state index contributed by atoms with van der Waals surface area (Å²) in [5.41, 5.74) is 3.19. The standard InChI is InChI=1S/C17H27NO/c1-4-8-17(2,3)16-7-5-6-15(13-16)14-18-9-11-19-12-10-18/h5-7,13H,4,8-12,14H2,1-3H3. The summed E-state index contributed by atoms with van der Waals surface area (Å²) in [5.74, 6) is 0. The van der Waals surface area contributed by atoms with Crippen LogP contribution in [0.2, 0.25) is 0 Å². The van der Waals surface area contributed by atoms with Crippen LogP contribution in [0.4, 0.5) is 0 Å². The maximum Gasteiger partial charge on any atom is 0.0594 e. The van der Waals surface area contributed by atoms with E-state index in [1.807, 2.05) is 0 Å². The quantitative estimate of drug-likeness (QED) is 0.803. The molecule has 1 aliphatic heterocycles. The van der Waals surface area contributed by atoms with Crippen molar-refractivity contribution in [1.82, 2.24) is 4.90 Å². The van der Waals surface area contributed by atoms with Gasteiger partial charge in [0.15, 0.2) is 0 Å². The lowest BCUT2D eigenvalue weighted by atomic mass is 9.80. The van der Waals surface area contributed by atoms with Crippen LogP contribution in [0.1, 0.15) is 44.7 Å². The molecule has 1 heterocycles. The van der Waals surface area contributed by atoms with Crippen LogP contribution >= 0.6 is 0 Å². The molecule has 106 valence electrons. The Bertz CT molecular complexity index is 394. The average Bonchev–Trinajstić information content (AvgIpc) is 2.40. The topological polar surface area (TPSA) is 12.5 Å². The lowest BCUT2D eigenvalue weighted by molar-refractivity contribution is 0.0342. The molecule has 19 heavy (non-hydrogen) atoms. The monoisotopic (exact) mass is 261 g/mol. The summed E-state index contributed by atoms with van der Waals surface area (Å²) in [6, 6.07) is 9.13. The van der Waals surface area contributed by atoms with Crippen molar-refractivity contribution in [2.24, 2.45) is 0 Å². The van der Waals surface area contributed by atoms with Gasteiger partial charge in [-0.05, 0) is 23.0 Å². The minimum atomic E-state index is 0.287. The van der Waals surface area contributed by atoms with Gasteiger partial charge in [0.05, 0.1) is 13.2 Å². The van der Waals surface area contributed by atoms with Crippen molar-refractivity contribution in [1.29, 1.82) is 0 Å². The summed E-state index contributed by atoms with van der Waals surface area (Å²) in [6.45, 7) is 11.9. The van der Waals surface area contributed by atoms with Crippen LogP contribution in [0.15, 0.2) is 24.3 Å².